The number of hydrogen-bond acceptors (Lipinski definition) is 15. The lowest BCUT2D eigenvalue weighted by atomic mass is 9.99. The summed E-state index contributed by atoms with van der Waals surface area (Å²) in [5.74, 6) is -0.615. The number of carbonyl (C=O) groups is 4. The molecule has 3 unspecified atom stereocenters. The highest BCUT2D eigenvalue weighted by Gasteiger charge is 2.30. The summed E-state index contributed by atoms with van der Waals surface area (Å²) in [6.07, 6.45) is 34.9. The van der Waals surface area contributed by atoms with Gasteiger partial charge in [-0.25, -0.2) is 9.13 Å². The summed E-state index contributed by atoms with van der Waals surface area (Å²) < 4.78 is 67.7. The fourth-order valence-corrected chi connectivity index (χ4v) is 10.5. The average Bonchev–Trinajstić information content (AvgIpc) is 3.42. The number of phosphoric acid groups is 2. The molecule has 0 aliphatic carbocycles. The predicted octanol–water partition coefficient (Wildman–Crippen LogP) is 16.5. The van der Waals surface area contributed by atoms with Crippen molar-refractivity contribution >= 4 is 39.5 Å². The fraction of sp³-hybridized carbons (Fsp3) is 0.934. The van der Waals surface area contributed by atoms with Crippen molar-refractivity contribution < 1.29 is 80.2 Å². The zero-order valence-corrected chi connectivity index (χ0v) is 53.2. The lowest BCUT2D eigenvalue weighted by Gasteiger charge is -2.21. The van der Waals surface area contributed by atoms with Gasteiger partial charge in [-0.05, 0) is 37.5 Å². The van der Waals surface area contributed by atoms with Crippen LogP contribution >= 0.6 is 15.6 Å². The van der Waals surface area contributed by atoms with Crippen molar-refractivity contribution in [2.45, 2.75) is 317 Å². The first kappa shape index (κ1) is 78.1. The zero-order valence-electron chi connectivity index (χ0n) is 51.4. The SMILES string of the molecule is CCCCCCCCCCC(=O)O[C@H](COC(=O)CCCCCCCCC)COP(=O)(O)OC[C@H](O)COP(=O)(O)OC[C@@H](COC(=O)CCCCCCCCCCC(C)CC)OC(=O)CCCCCCCCCCCCC(C)C. The number of esters is 4. The van der Waals surface area contributed by atoms with Gasteiger partial charge in [0.25, 0.3) is 0 Å². The molecule has 0 saturated carbocycles. The molecule has 0 heterocycles. The summed E-state index contributed by atoms with van der Waals surface area (Å²) in [4.78, 5) is 71.9. The Balaban J connectivity index is 5.21. The summed E-state index contributed by atoms with van der Waals surface area (Å²) in [5, 5.41) is 10.5. The standard InChI is InChI=1S/C61H118O17P2/c1-7-10-12-14-16-26-33-39-45-60(65)77-56(49-71-58(63)43-37-31-23-15-13-11-8-2)51-75-79(67,68)73-47-55(62)48-74-80(69,70)76-52-57(50-72-59(64)44-38-32-27-22-21-25-30-36-42-54(6)9-3)78-61(66)46-40-34-28-20-18-17-19-24-29-35-41-53(4)5/h53-57,62H,7-52H2,1-6H3,(H,67,68)(H,69,70)/t54?,55-,56+,57+/m0/s1. The molecule has 0 saturated heterocycles. The van der Waals surface area contributed by atoms with E-state index in [-0.39, 0.29) is 25.7 Å². The molecule has 0 bridgehead atoms. The van der Waals surface area contributed by atoms with Gasteiger partial charge in [0.15, 0.2) is 12.2 Å². The lowest BCUT2D eigenvalue weighted by molar-refractivity contribution is -0.161. The zero-order chi connectivity index (χ0) is 59.4. The van der Waals surface area contributed by atoms with Gasteiger partial charge in [-0.3, -0.25) is 37.3 Å². The molecule has 0 fully saturated rings. The summed E-state index contributed by atoms with van der Waals surface area (Å²) in [7, 11) is -9.87. The van der Waals surface area contributed by atoms with Crippen LogP contribution in [0.5, 0.6) is 0 Å². The molecule has 0 rings (SSSR count). The molecule has 0 radical (unpaired) electrons. The number of unbranched alkanes of at least 4 members (excludes halogenated alkanes) is 29. The van der Waals surface area contributed by atoms with Gasteiger partial charge in [0.05, 0.1) is 26.4 Å². The topological polar surface area (TPSA) is 237 Å². The van der Waals surface area contributed by atoms with E-state index in [9.17, 15) is 43.2 Å². The molecule has 0 aromatic carbocycles. The van der Waals surface area contributed by atoms with E-state index in [1.165, 1.54) is 96.3 Å². The van der Waals surface area contributed by atoms with Crippen LogP contribution in [0.2, 0.25) is 0 Å². The van der Waals surface area contributed by atoms with Gasteiger partial charge in [-0.1, -0.05) is 247 Å². The number of carbonyl (C=O) groups excluding carboxylic acids is 4. The molecule has 0 aromatic heterocycles. The maximum atomic E-state index is 12.9. The monoisotopic (exact) mass is 1180 g/mol. The minimum Gasteiger partial charge on any atom is -0.462 e. The van der Waals surface area contributed by atoms with Crippen molar-refractivity contribution in [2.75, 3.05) is 39.6 Å². The van der Waals surface area contributed by atoms with E-state index in [1.54, 1.807) is 0 Å². The van der Waals surface area contributed by atoms with Crippen LogP contribution in [0.4, 0.5) is 0 Å². The molecule has 3 N–H and O–H groups in total. The number of aliphatic hydroxyl groups is 1. The van der Waals surface area contributed by atoms with Crippen molar-refractivity contribution in [3.63, 3.8) is 0 Å². The molecule has 474 valence electrons. The minimum atomic E-state index is -4.94. The first-order valence-electron chi connectivity index (χ1n) is 32.0. The molecular weight excluding hydrogens is 1070 g/mol. The smallest absolute Gasteiger partial charge is 0.462 e. The largest absolute Gasteiger partial charge is 0.472 e. The van der Waals surface area contributed by atoms with E-state index in [1.807, 2.05) is 0 Å². The van der Waals surface area contributed by atoms with Gasteiger partial charge in [0, 0.05) is 25.7 Å². The molecule has 0 aromatic rings. The summed E-state index contributed by atoms with van der Waals surface area (Å²) in [6.45, 7) is 9.39. The van der Waals surface area contributed by atoms with Crippen molar-refractivity contribution in [3.8, 4) is 0 Å². The quantitative estimate of drug-likeness (QED) is 0.0222. The number of rotatable bonds is 60. The van der Waals surface area contributed by atoms with Gasteiger partial charge in [-0.2, -0.15) is 0 Å². The van der Waals surface area contributed by atoms with E-state index in [0.29, 0.717) is 25.7 Å². The second kappa shape index (κ2) is 53.8. The predicted molar refractivity (Wildman–Crippen MR) is 317 cm³/mol. The maximum absolute atomic E-state index is 12.9. The Hall–Kier alpha value is -1.94. The lowest BCUT2D eigenvalue weighted by Crippen LogP contribution is -2.30. The van der Waals surface area contributed by atoms with E-state index in [4.69, 9.17) is 37.0 Å². The molecule has 19 heteroatoms. The van der Waals surface area contributed by atoms with Gasteiger partial charge >= 0.3 is 39.5 Å². The van der Waals surface area contributed by atoms with Crippen molar-refractivity contribution in [1.29, 1.82) is 0 Å². The Morgan fingerprint density at radius 2 is 0.637 bits per heavy atom. The fourth-order valence-electron chi connectivity index (χ4n) is 8.97. The molecular formula is C61H118O17P2. The third-order valence-corrected chi connectivity index (χ3v) is 16.2. The second-order valence-corrected chi connectivity index (χ2v) is 25.7. The van der Waals surface area contributed by atoms with Crippen LogP contribution in [0.1, 0.15) is 298 Å². The third-order valence-electron chi connectivity index (χ3n) is 14.3. The van der Waals surface area contributed by atoms with Crippen LogP contribution in [0.15, 0.2) is 0 Å². The molecule has 0 spiro atoms. The van der Waals surface area contributed by atoms with Crippen LogP contribution in [0.3, 0.4) is 0 Å². The minimum absolute atomic E-state index is 0.104. The first-order valence-corrected chi connectivity index (χ1v) is 35.0. The average molecular weight is 1190 g/mol. The first-order chi connectivity index (χ1) is 38.4. The van der Waals surface area contributed by atoms with Gasteiger partial charge in [0.1, 0.15) is 19.3 Å². The van der Waals surface area contributed by atoms with E-state index >= 15 is 0 Å². The van der Waals surface area contributed by atoms with E-state index in [0.717, 1.165) is 121 Å². The normalized spacial score (nSPS) is 14.7. The maximum Gasteiger partial charge on any atom is 0.472 e. The third kappa shape index (κ3) is 54.0. The van der Waals surface area contributed by atoms with Crippen LogP contribution in [-0.2, 0) is 65.4 Å². The van der Waals surface area contributed by atoms with Crippen LogP contribution in [0.25, 0.3) is 0 Å². The summed E-state index contributed by atoms with van der Waals surface area (Å²) in [6, 6.07) is 0. The van der Waals surface area contributed by atoms with Gasteiger partial charge in [-0.15, -0.1) is 0 Å². The second-order valence-electron chi connectivity index (χ2n) is 22.8. The Kier molecular flexibility index (Phi) is 52.5. The summed E-state index contributed by atoms with van der Waals surface area (Å²) >= 11 is 0. The summed E-state index contributed by atoms with van der Waals surface area (Å²) in [5.41, 5.74) is 0. The van der Waals surface area contributed by atoms with Crippen molar-refractivity contribution in [3.05, 3.63) is 0 Å². The molecule has 6 atom stereocenters. The van der Waals surface area contributed by atoms with Crippen LogP contribution in [0, 0.1) is 11.8 Å². The van der Waals surface area contributed by atoms with E-state index in [2.05, 4.69) is 41.5 Å². The van der Waals surface area contributed by atoms with E-state index < -0.39 is 97.5 Å². The van der Waals surface area contributed by atoms with Crippen LogP contribution in [-0.4, -0.2) is 96.7 Å². The molecule has 80 heavy (non-hydrogen) atoms. The molecule has 0 aliphatic rings. The Labute approximate surface area is 486 Å². The molecule has 0 aliphatic heterocycles. The van der Waals surface area contributed by atoms with Crippen molar-refractivity contribution in [2.24, 2.45) is 11.8 Å². The number of aliphatic hydroxyl groups excluding tert-OH is 1. The number of phosphoric ester groups is 2. The van der Waals surface area contributed by atoms with Gasteiger partial charge in [0.2, 0.25) is 0 Å². The highest BCUT2D eigenvalue weighted by molar-refractivity contribution is 7.47. The highest BCUT2D eigenvalue weighted by atomic mass is 31.2. The Morgan fingerprint density at radius 3 is 0.950 bits per heavy atom. The number of hydrogen-bond donors (Lipinski definition) is 3. The molecule has 0 amide bonds. The van der Waals surface area contributed by atoms with Crippen molar-refractivity contribution in [1.82, 2.24) is 0 Å². The highest BCUT2D eigenvalue weighted by Crippen LogP contribution is 2.45. The Morgan fingerprint density at radius 1 is 0.362 bits per heavy atom. The number of ether oxygens (including phenoxy) is 4. The van der Waals surface area contributed by atoms with Crippen LogP contribution < -0.4 is 0 Å². The Bertz CT molecular complexity index is 1580. The van der Waals surface area contributed by atoms with Gasteiger partial charge < -0.3 is 33.8 Å². The molecule has 17 nitrogen and oxygen atoms in total.